The summed E-state index contributed by atoms with van der Waals surface area (Å²) in [5, 5.41) is 8.71. The maximum atomic E-state index is 13.0. The van der Waals surface area contributed by atoms with Gasteiger partial charge in [0.2, 0.25) is 5.91 Å². The van der Waals surface area contributed by atoms with E-state index in [1.807, 2.05) is 41.4 Å². The summed E-state index contributed by atoms with van der Waals surface area (Å²) < 4.78 is 12.9. The number of fused-ring (bicyclic) bond motifs is 2. The van der Waals surface area contributed by atoms with Crippen molar-refractivity contribution in [2.75, 3.05) is 40.4 Å². The van der Waals surface area contributed by atoms with Gasteiger partial charge in [-0.25, -0.2) is 0 Å². The van der Waals surface area contributed by atoms with Crippen LogP contribution in [0.2, 0.25) is 0 Å². The summed E-state index contributed by atoms with van der Waals surface area (Å²) >= 11 is 0. The van der Waals surface area contributed by atoms with Crippen molar-refractivity contribution in [3.63, 3.8) is 0 Å². The molecule has 2 aromatic heterocycles. The quantitative estimate of drug-likeness (QED) is 0.613. The smallest absolute Gasteiger partial charge is 0.237 e. The lowest BCUT2D eigenvalue weighted by Crippen LogP contribution is -2.44. The van der Waals surface area contributed by atoms with Crippen LogP contribution in [0, 0.1) is 0 Å². The number of benzene rings is 1. The van der Waals surface area contributed by atoms with E-state index in [1.54, 1.807) is 14.2 Å². The van der Waals surface area contributed by atoms with E-state index in [0.29, 0.717) is 24.8 Å². The molecule has 0 aliphatic carbocycles. The van der Waals surface area contributed by atoms with Gasteiger partial charge in [0, 0.05) is 25.2 Å². The molecular formula is C24H29N5O3. The molecule has 0 atom stereocenters. The van der Waals surface area contributed by atoms with Crippen LogP contribution in [0.15, 0.2) is 36.5 Å². The predicted molar refractivity (Wildman–Crippen MR) is 120 cm³/mol. The van der Waals surface area contributed by atoms with Gasteiger partial charge < -0.3 is 14.4 Å². The highest BCUT2D eigenvalue weighted by molar-refractivity contribution is 5.78. The van der Waals surface area contributed by atoms with Gasteiger partial charge in [-0.05, 0) is 67.7 Å². The summed E-state index contributed by atoms with van der Waals surface area (Å²) in [5.41, 5.74) is 3.26. The van der Waals surface area contributed by atoms with E-state index in [1.165, 1.54) is 5.56 Å². The molecule has 2 aliphatic heterocycles. The molecule has 2 aliphatic rings. The molecule has 0 radical (unpaired) electrons. The lowest BCUT2D eigenvalue weighted by molar-refractivity contribution is -0.133. The average molecular weight is 436 g/mol. The number of carbonyl (C=O) groups is 1. The van der Waals surface area contributed by atoms with Gasteiger partial charge in [0.25, 0.3) is 0 Å². The third-order valence-corrected chi connectivity index (χ3v) is 6.72. The number of rotatable bonds is 5. The number of pyridine rings is 1. The number of carbonyl (C=O) groups excluding carboxylic acids is 1. The average Bonchev–Trinajstić information content (AvgIpc) is 3.27. The zero-order valence-electron chi connectivity index (χ0n) is 18.7. The molecule has 3 aromatic rings. The summed E-state index contributed by atoms with van der Waals surface area (Å²) in [6.07, 6.45) is 4.84. The summed E-state index contributed by atoms with van der Waals surface area (Å²) in [6, 6.07) is 10.0. The normalized spacial score (nSPS) is 17.4. The lowest BCUT2D eigenvalue weighted by atomic mass is 9.95. The molecule has 4 heterocycles. The Hall–Kier alpha value is -3.13. The van der Waals surface area contributed by atoms with Crippen molar-refractivity contribution in [3.05, 3.63) is 53.5 Å². The molecule has 8 nitrogen and oxygen atoms in total. The summed E-state index contributed by atoms with van der Waals surface area (Å²) in [6.45, 7) is 3.62. The summed E-state index contributed by atoms with van der Waals surface area (Å²) in [5.74, 6) is 3.06. The van der Waals surface area contributed by atoms with Gasteiger partial charge in [-0.15, -0.1) is 10.2 Å². The standard InChI is InChI=1S/C24H29N5O3/c1-31-20-13-18-8-12-28(15-19(18)14-21(20)32-2)23(30)16-27-10-6-17(7-11-27)24-26-25-22-5-3-4-9-29(22)24/h3-5,9,13-14,17H,6-8,10-12,15-16H2,1-2H3. The number of likely N-dealkylation sites (tertiary alicyclic amines) is 1. The van der Waals surface area contributed by atoms with Gasteiger partial charge in [0.05, 0.1) is 20.8 Å². The maximum absolute atomic E-state index is 13.0. The second kappa shape index (κ2) is 8.78. The minimum atomic E-state index is 0.191. The lowest BCUT2D eigenvalue weighted by Gasteiger charge is -2.34. The number of hydrogen-bond acceptors (Lipinski definition) is 6. The first-order valence-electron chi connectivity index (χ1n) is 11.2. The van der Waals surface area contributed by atoms with Gasteiger partial charge in [-0.2, -0.15) is 0 Å². The first kappa shape index (κ1) is 20.8. The molecule has 168 valence electrons. The third kappa shape index (κ3) is 3.90. The van der Waals surface area contributed by atoms with E-state index in [9.17, 15) is 4.79 Å². The van der Waals surface area contributed by atoms with Crippen molar-refractivity contribution in [1.29, 1.82) is 0 Å². The second-order valence-electron chi connectivity index (χ2n) is 8.58. The Labute approximate surface area is 187 Å². The van der Waals surface area contributed by atoms with Crippen LogP contribution in [-0.4, -0.2) is 70.7 Å². The van der Waals surface area contributed by atoms with Crippen molar-refractivity contribution in [2.24, 2.45) is 0 Å². The highest BCUT2D eigenvalue weighted by atomic mass is 16.5. The molecule has 1 saturated heterocycles. The fourth-order valence-corrected chi connectivity index (χ4v) is 4.87. The summed E-state index contributed by atoms with van der Waals surface area (Å²) in [4.78, 5) is 17.3. The molecule has 0 saturated carbocycles. The number of methoxy groups -OCH3 is 2. The zero-order chi connectivity index (χ0) is 22.1. The van der Waals surface area contributed by atoms with Crippen molar-refractivity contribution >= 4 is 11.6 Å². The van der Waals surface area contributed by atoms with Crippen LogP contribution < -0.4 is 9.47 Å². The number of nitrogens with zero attached hydrogens (tertiary/aromatic N) is 5. The number of amides is 1. The SMILES string of the molecule is COc1cc2c(cc1OC)CN(C(=O)CN1CCC(c3nnc4ccccn34)CC1)CC2. The molecule has 1 fully saturated rings. The van der Waals surface area contributed by atoms with Crippen LogP contribution >= 0.6 is 0 Å². The van der Waals surface area contributed by atoms with Gasteiger partial charge in [0.15, 0.2) is 17.1 Å². The van der Waals surface area contributed by atoms with Gasteiger partial charge >= 0.3 is 0 Å². The Bertz CT molecular complexity index is 1120. The van der Waals surface area contributed by atoms with Crippen LogP contribution in [0.25, 0.3) is 5.65 Å². The van der Waals surface area contributed by atoms with Gasteiger partial charge in [0.1, 0.15) is 5.82 Å². The molecule has 0 N–H and O–H groups in total. The topological polar surface area (TPSA) is 72.2 Å². The van der Waals surface area contributed by atoms with Crippen molar-refractivity contribution in [2.45, 2.75) is 31.7 Å². The molecule has 0 bridgehead atoms. The Morgan fingerprint density at radius 3 is 2.53 bits per heavy atom. The van der Waals surface area contributed by atoms with E-state index in [0.717, 1.165) is 61.7 Å². The fourth-order valence-electron chi connectivity index (χ4n) is 4.87. The minimum Gasteiger partial charge on any atom is -0.493 e. The number of aromatic nitrogens is 3. The van der Waals surface area contributed by atoms with E-state index in [-0.39, 0.29) is 5.91 Å². The highest BCUT2D eigenvalue weighted by Gasteiger charge is 2.28. The molecule has 0 unspecified atom stereocenters. The highest BCUT2D eigenvalue weighted by Crippen LogP contribution is 2.33. The molecule has 1 amide bonds. The summed E-state index contributed by atoms with van der Waals surface area (Å²) in [7, 11) is 3.29. The molecule has 1 aromatic carbocycles. The Kier molecular flexibility index (Phi) is 5.70. The Morgan fingerprint density at radius 2 is 1.78 bits per heavy atom. The van der Waals surface area contributed by atoms with E-state index >= 15 is 0 Å². The van der Waals surface area contributed by atoms with Crippen molar-refractivity contribution < 1.29 is 14.3 Å². The fraction of sp³-hybridized carbons (Fsp3) is 0.458. The second-order valence-corrected chi connectivity index (χ2v) is 8.58. The van der Waals surface area contributed by atoms with E-state index < -0.39 is 0 Å². The minimum absolute atomic E-state index is 0.191. The molecule has 8 heteroatoms. The molecule has 5 rings (SSSR count). The predicted octanol–water partition coefficient (Wildman–Crippen LogP) is 2.51. The largest absolute Gasteiger partial charge is 0.493 e. The van der Waals surface area contributed by atoms with Crippen molar-refractivity contribution in [1.82, 2.24) is 24.4 Å². The first-order chi connectivity index (χ1) is 15.7. The van der Waals surface area contributed by atoms with Crippen LogP contribution in [0.5, 0.6) is 11.5 Å². The molecule has 32 heavy (non-hydrogen) atoms. The zero-order valence-corrected chi connectivity index (χ0v) is 18.7. The van der Waals surface area contributed by atoms with Gasteiger partial charge in [-0.1, -0.05) is 6.07 Å². The van der Waals surface area contributed by atoms with Crippen LogP contribution in [-0.2, 0) is 17.8 Å². The first-order valence-corrected chi connectivity index (χ1v) is 11.2. The van der Waals surface area contributed by atoms with Gasteiger partial charge in [-0.3, -0.25) is 14.1 Å². The Morgan fingerprint density at radius 1 is 1.03 bits per heavy atom. The van der Waals surface area contributed by atoms with Crippen LogP contribution in [0.1, 0.15) is 35.7 Å². The van der Waals surface area contributed by atoms with E-state index in [4.69, 9.17) is 9.47 Å². The number of hydrogen-bond donors (Lipinski definition) is 0. The monoisotopic (exact) mass is 435 g/mol. The molecular weight excluding hydrogens is 406 g/mol. The van der Waals surface area contributed by atoms with Crippen molar-refractivity contribution in [3.8, 4) is 11.5 Å². The Balaban J connectivity index is 1.19. The number of piperidine rings is 1. The number of ether oxygens (including phenoxy) is 2. The molecule has 0 spiro atoms. The third-order valence-electron chi connectivity index (χ3n) is 6.72. The van der Waals surface area contributed by atoms with Crippen LogP contribution in [0.4, 0.5) is 0 Å². The maximum Gasteiger partial charge on any atom is 0.237 e. The van der Waals surface area contributed by atoms with E-state index in [2.05, 4.69) is 19.5 Å². The van der Waals surface area contributed by atoms with Crippen LogP contribution in [0.3, 0.4) is 0 Å².